The first-order valence-electron chi connectivity index (χ1n) is 3.75. The van der Waals surface area contributed by atoms with Crippen LogP contribution in [0.25, 0.3) is 0 Å². The van der Waals surface area contributed by atoms with E-state index in [-0.39, 0.29) is 6.73 Å². The first kappa shape index (κ1) is 9.50. The van der Waals surface area contributed by atoms with Crippen LogP contribution in [0.3, 0.4) is 0 Å². The summed E-state index contributed by atoms with van der Waals surface area (Å²) in [6, 6.07) is 9.01. The Labute approximate surface area is 75.8 Å². The number of carbonyl (C=O) groups excluding carboxylic acids is 1. The van der Waals surface area contributed by atoms with E-state index in [1.54, 1.807) is 12.1 Å². The van der Waals surface area contributed by atoms with Gasteiger partial charge >= 0.3 is 6.09 Å². The second-order valence-corrected chi connectivity index (χ2v) is 2.27. The maximum atomic E-state index is 10.9. The Bertz CT molecular complexity index is 263. The Morgan fingerprint density at radius 3 is 2.69 bits per heavy atom. The number of hydrogen-bond donors (Lipinski definition) is 3. The normalized spacial score (nSPS) is 9.31. The summed E-state index contributed by atoms with van der Waals surface area (Å²) in [6.07, 6.45) is -0.538. The molecule has 4 N–H and O–H groups in total. The number of benzene rings is 1. The van der Waals surface area contributed by atoms with Crippen LogP contribution in [0.2, 0.25) is 0 Å². The maximum absolute atomic E-state index is 10.9. The third kappa shape index (κ3) is 3.55. The molecule has 1 aromatic carbocycles. The zero-order valence-corrected chi connectivity index (χ0v) is 6.99. The largest absolute Gasteiger partial charge is 0.432 e. The molecule has 1 aromatic rings. The number of para-hydroxylation sites is 1. The first-order chi connectivity index (χ1) is 6.33. The summed E-state index contributed by atoms with van der Waals surface area (Å²) in [5.41, 5.74) is 2.89. The van der Waals surface area contributed by atoms with Gasteiger partial charge in [-0.3, -0.25) is 11.2 Å². The van der Waals surface area contributed by atoms with Crippen molar-refractivity contribution in [3.8, 4) is 0 Å². The minimum Gasteiger partial charge on any atom is -0.432 e. The smallest absolute Gasteiger partial charge is 0.412 e. The molecule has 5 nitrogen and oxygen atoms in total. The van der Waals surface area contributed by atoms with Gasteiger partial charge in [-0.1, -0.05) is 18.2 Å². The number of carbonyl (C=O) groups is 1. The molecule has 0 saturated carbocycles. The Balaban J connectivity index is 2.37. The highest BCUT2D eigenvalue weighted by atomic mass is 16.6. The average molecular weight is 181 g/mol. The molecule has 0 atom stereocenters. The van der Waals surface area contributed by atoms with Crippen LogP contribution in [0.15, 0.2) is 30.3 Å². The third-order valence-corrected chi connectivity index (χ3v) is 1.31. The standard InChI is InChI=1S/C8H11N3O2/c9-10-6-13-8(12)11-7-4-2-1-3-5-7/h1-5,10H,6,9H2,(H,11,12). The van der Waals surface area contributed by atoms with Gasteiger partial charge in [0.2, 0.25) is 0 Å². The van der Waals surface area contributed by atoms with Crippen molar-refractivity contribution < 1.29 is 9.53 Å². The molecule has 0 heterocycles. The number of amides is 1. The quantitative estimate of drug-likeness (QED) is 0.363. The van der Waals surface area contributed by atoms with E-state index in [1.807, 2.05) is 18.2 Å². The molecule has 1 rings (SSSR count). The first-order valence-corrected chi connectivity index (χ1v) is 3.75. The Hall–Kier alpha value is -1.59. The zero-order valence-electron chi connectivity index (χ0n) is 6.99. The zero-order chi connectivity index (χ0) is 9.52. The summed E-state index contributed by atoms with van der Waals surface area (Å²) >= 11 is 0. The van der Waals surface area contributed by atoms with E-state index in [4.69, 9.17) is 5.84 Å². The second-order valence-electron chi connectivity index (χ2n) is 2.27. The molecular weight excluding hydrogens is 170 g/mol. The van der Waals surface area contributed by atoms with Crippen LogP contribution < -0.4 is 16.6 Å². The van der Waals surface area contributed by atoms with Crippen molar-refractivity contribution in [3.63, 3.8) is 0 Å². The minimum atomic E-state index is -0.538. The van der Waals surface area contributed by atoms with Crippen molar-refractivity contribution in [3.05, 3.63) is 30.3 Å². The lowest BCUT2D eigenvalue weighted by Crippen LogP contribution is -2.28. The second kappa shape index (κ2) is 5.13. The van der Waals surface area contributed by atoms with E-state index in [2.05, 4.69) is 15.5 Å². The van der Waals surface area contributed by atoms with Gasteiger partial charge in [-0.25, -0.2) is 10.2 Å². The molecule has 0 fully saturated rings. The highest BCUT2D eigenvalue weighted by molar-refractivity contribution is 5.84. The molecule has 0 unspecified atom stereocenters. The topological polar surface area (TPSA) is 76.4 Å². The number of hydrogen-bond acceptors (Lipinski definition) is 4. The van der Waals surface area contributed by atoms with E-state index in [0.717, 1.165) is 0 Å². The van der Waals surface area contributed by atoms with Gasteiger partial charge in [-0.05, 0) is 12.1 Å². The van der Waals surface area contributed by atoms with E-state index < -0.39 is 6.09 Å². The predicted molar refractivity (Wildman–Crippen MR) is 48.7 cm³/mol. The number of anilines is 1. The minimum absolute atomic E-state index is 0.0152. The van der Waals surface area contributed by atoms with Crippen LogP contribution in [0.5, 0.6) is 0 Å². The molecule has 0 saturated heterocycles. The van der Waals surface area contributed by atoms with Crippen LogP contribution in [-0.2, 0) is 4.74 Å². The van der Waals surface area contributed by atoms with Crippen molar-refractivity contribution in [1.82, 2.24) is 5.43 Å². The summed E-state index contributed by atoms with van der Waals surface area (Å²) in [5, 5.41) is 2.52. The number of nitrogens with two attached hydrogens (primary N) is 1. The Morgan fingerprint density at radius 2 is 2.08 bits per heavy atom. The average Bonchev–Trinajstić information content (AvgIpc) is 2.16. The van der Waals surface area contributed by atoms with Gasteiger partial charge in [0, 0.05) is 5.69 Å². The highest BCUT2D eigenvalue weighted by Crippen LogP contribution is 2.04. The number of ether oxygens (including phenoxy) is 1. The SMILES string of the molecule is NNCOC(=O)Nc1ccccc1. The molecule has 0 aliphatic rings. The van der Waals surface area contributed by atoms with E-state index >= 15 is 0 Å². The Kier molecular flexibility index (Phi) is 3.74. The van der Waals surface area contributed by atoms with E-state index in [0.29, 0.717) is 5.69 Å². The van der Waals surface area contributed by atoms with Gasteiger partial charge in [0.05, 0.1) is 0 Å². The van der Waals surface area contributed by atoms with Crippen LogP contribution in [-0.4, -0.2) is 12.8 Å². The molecule has 0 bridgehead atoms. The van der Waals surface area contributed by atoms with E-state index in [9.17, 15) is 4.79 Å². The lowest BCUT2D eigenvalue weighted by Gasteiger charge is -2.05. The van der Waals surface area contributed by atoms with Gasteiger partial charge in [0.25, 0.3) is 0 Å². The molecule has 0 aliphatic heterocycles. The molecule has 0 radical (unpaired) electrons. The van der Waals surface area contributed by atoms with Gasteiger partial charge in [0.1, 0.15) is 0 Å². The molecule has 0 aliphatic carbocycles. The van der Waals surface area contributed by atoms with E-state index in [1.165, 1.54) is 0 Å². The third-order valence-electron chi connectivity index (χ3n) is 1.31. The lowest BCUT2D eigenvalue weighted by molar-refractivity contribution is 0.152. The molecule has 1 amide bonds. The summed E-state index contributed by atoms with van der Waals surface area (Å²) in [5.74, 6) is 4.92. The monoisotopic (exact) mass is 181 g/mol. The van der Waals surface area contributed by atoms with Crippen LogP contribution in [0.1, 0.15) is 0 Å². The summed E-state index contributed by atoms with van der Waals surface area (Å²) in [4.78, 5) is 10.9. The molecule has 70 valence electrons. The molecule has 0 spiro atoms. The van der Waals surface area contributed by atoms with Crippen molar-refractivity contribution in [2.24, 2.45) is 5.84 Å². The van der Waals surface area contributed by atoms with Gasteiger partial charge in [0.15, 0.2) is 6.73 Å². The van der Waals surface area contributed by atoms with Crippen LogP contribution in [0.4, 0.5) is 10.5 Å². The van der Waals surface area contributed by atoms with Crippen molar-refractivity contribution in [2.45, 2.75) is 0 Å². The predicted octanol–water partition coefficient (Wildman–Crippen LogP) is 0.656. The lowest BCUT2D eigenvalue weighted by atomic mass is 10.3. The summed E-state index contributed by atoms with van der Waals surface area (Å²) < 4.78 is 4.61. The molecule has 0 aromatic heterocycles. The van der Waals surface area contributed by atoms with Crippen molar-refractivity contribution in [2.75, 3.05) is 12.0 Å². The Morgan fingerprint density at radius 1 is 1.38 bits per heavy atom. The van der Waals surface area contributed by atoms with Crippen LogP contribution in [0, 0.1) is 0 Å². The number of hydrazine groups is 1. The van der Waals surface area contributed by atoms with Gasteiger partial charge in [-0.2, -0.15) is 0 Å². The molecular formula is C8H11N3O2. The molecule has 5 heteroatoms. The van der Waals surface area contributed by atoms with Crippen molar-refractivity contribution >= 4 is 11.8 Å². The fraction of sp³-hybridized carbons (Fsp3) is 0.125. The highest BCUT2D eigenvalue weighted by Gasteiger charge is 1.99. The van der Waals surface area contributed by atoms with Crippen molar-refractivity contribution in [1.29, 1.82) is 0 Å². The van der Waals surface area contributed by atoms with Gasteiger partial charge < -0.3 is 4.74 Å². The summed E-state index contributed by atoms with van der Waals surface area (Å²) in [7, 11) is 0. The maximum Gasteiger partial charge on any atom is 0.412 e. The van der Waals surface area contributed by atoms with Crippen LogP contribution >= 0.6 is 0 Å². The fourth-order valence-electron chi connectivity index (χ4n) is 0.783. The fourth-order valence-corrected chi connectivity index (χ4v) is 0.783. The van der Waals surface area contributed by atoms with Gasteiger partial charge in [-0.15, -0.1) is 0 Å². The molecule has 13 heavy (non-hydrogen) atoms. The number of rotatable bonds is 3. The summed E-state index contributed by atoms with van der Waals surface area (Å²) in [6.45, 7) is -0.0152. The number of nitrogens with one attached hydrogen (secondary N) is 2.